The summed E-state index contributed by atoms with van der Waals surface area (Å²) in [6, 6.07) is 1.05. The second-order valence-corrected chi connectivity index (χ2v) is 3.71. The van der Waals surface area contributed by atoms with Gasteiger partial charge in [-0.25, -0.2) is 9.37 Å². The molecule has 4 nitrogen and oxygen atoms in total. The molecule has 0 radical (unpaired) electrons. The SMILES string of the molecule is CCN(CC(F)(F)F)C(=O)c1ccnc(NC)c1F. The predicted octanol–water partition coefficient (Wildman–Crippen LogP) is 2.29. The maximum atomic E-state index is 13.8. The highest BCUT2D eigenvalue weighted by molar-refractivity contribution is 5.95. The molecule has 1 heterocycles. The number of nitrogens with zero attached hydrogens (tertiary/aromatic N) is 2. The molecule has 0 aromatic carbocycles. The van der Waals surface area contributed by atoms with Gasteiger partial charge in [0.1, 0.15) is 6.54 Å². The van der Waals surface area contributed by atoms with E-state index in [1.807, 2.05) is 0 Å². The van der Waals surface area contributed by atoms with Crippen LogP contribution in [0.15, 0.2) is 12.3 Å². The third kappa shape index (κ3) is 3.80. The molecular weight excluding hydrogens is 266 g/mol. The van der Waals surface area contributed by atoms with Crippen molar-refractivity contribution < 1.29 is 22.4 Å². The van der Waals surface area contributed by atoms with Crippen LogP contribution in [0.25, 0.3) is 0 Å². The molecule has 0 bridgehead atoms. The Bertz CT molecular complexity index is 462. The van der Waals surface area contributed by atoms with Crippen LogP contribution in [0, 0.1) is 5.82 Å². The number of carbonyl (C=O) groups is 1. The van der Waals surface area contributed by atoms with Crippen molar-refractivity contribution in [3.8, 4) is 0 Å². The standard InChI is InChI=1S/C11H13F4N3O/c1-3-18(6-11(13,14)15)10(19)7-4-5-17-9(16-2)8(7)12/h4-5H,3,6H2,1-2H3,(H,16,17). The van der Waals surface area contributed by atoms with Gasteiger partial charge >= 0.3 is 6.18 Å². The maximum Gasteiger partial charge on any atom is 0.406 e. The lowest BCUT2D eigenvalue weighted by atomic mass is 10.2. The molecule has 0 unspecified atom stereocenters. The molecule has 1 amide bonds. The number of hydrogen-bond donors (Lipinski definition) is 1. The summed E-state index contributed by atoms with van der Waals surface area (Å²) in [5.74, 6) is -2.17. The lowest BCUT2D eigenvalue weighted by Crippen LogP contribution is -2.39. The highest BCUT2D eigenvalue weighted by atomic mass is 19.4. The summed E-state index contributed by atoms with van der Waals surface area (Å²) in [4.78, 5) is 16.0. The van der Waals surface area contributed by atoms with Crippen molar-refractivity contribution in [2.75, 3.05) is 25.5 Å². The van der Waals surface area contributed by atoms with Crippen LogP contribution in [0.2, 0.25) is 0 Å². The van der Waals surface area contributed by atoms with E-state index in [0.29, 0.717) is 4.90 Å². The van der Waals surface area contributed by atoms with Crippen LogP contribution in [-0.4, -0.2) is 42.1 Å². The van der Waals surface area contributed by atoms with Gasteiger partial charge < -0.3 is 10.2 Å². The fourth-order valence-corrected chi connectivity index (χ4v) is 1.50. The molecule has 0 atom stereocenters. The first-order chi connectivity index (χ1) is 8.80. The first kappa shape index (κ1) is 15.2. The zero-order valence-corrected chi connectivity index (χ0v) is 10.4. The van der Waals surface area contributed by atoms with E-state index in [0.717, 1.165) is 12.3 Å². The van der Waals surface area contributed by atoms with Gasteiger partial charge in [-0.15, -0.1) is 0 Å². The topological polar surface area (TPSA) is 45.2 Å². The molecule has 1 aromatic heterocycles. The number of pyridine rings is 1. The van der Waals surface area contributed by atoms with Crippen LogP contribution in [0.3, 0.4) is 0 Å². The van der Waals surface area contributed by atoms with Crippen LogP contribution in [-0.2, 0) is 0 Å². The summed E-state index contributed by atoms with van der Waals surface area (Å²) in [6.07, 6.45) is -3.37. The van der Waals surface area contributed by atoms with E-state index in [9.17, 15) is 22.4 Å². The van der Waals surface area contributed by atoms with E-state index in [4.69, 9.17) is 0 Å². The highest BCUT2D eigenvalue weighted by Gasteiger charge is 2.33. The fourth-order valence-electron chi connectivity index (χ4n) is 1.50. The minimum Gasteiger partial charge on any atom is -0.371 e. The largest absolute Gasteiger partial charge is 0.406 e. The number of rotatable bonds is 4. The lowest BCUT2D eigenvalue weighted by Gasteiger charge is -2.22. The quantitative estimate of drug-likeness (QED) is 0.860. The van der Waals surface area contributed by atoms with Gasteiger partial charge in [0.05, 0.1) is 5.56 Å². The number of aromatic nitrogens is 1. The Balaban J connectivity index is 3.04. The number of amides is 1. The van der Waals surface area contributed by atoms with Gasteiger partial charge in [0.2, 0.25) is 0 Å². The molecule has 0 saturated heterocycles. The lowest BCUT2D eigenvalue weighted by molar-refractivity contribution is -0.140. The van der Waals surface area contributed by atoms with Crippen LogP contribution in [0.1, 0.15) is 17.3 Å². The summed E-state index contributed by atoms with van der Waals surface area (Å²) in [5.41, 5.74) is -0.439. The van der Waals surface area contributed by atoms with Gasteiger partial charge in [-0.1, -0.05) is 0 Å². The molecule has 19 heavy (non-hydrogen) atoms. The van der Waals surface area contributed by atoms with E-state index < -0.39 is 30.0 Å². The minimum absolute atomic E-state index is 0.172. The van der Waals surface area contributed by atoms with E-state index in [-0.39, 0.29) is 12.4 Å². The third-order valence-electron chi connectivity index (χ3n) is 2.40. The van der Waals surface area contributed by atoms with Crippen molar-refractivity contribution in [1.29, 1.82) is 0 Å². The van der Waals surface area contributed by atoms with Crippen LogP contribution in [0.5, 0.6) is 0 Å². The van der Waals surface area contributed by atoms with Crippen molar-refractivity contribution >= 4 is 11.7 Å². The van der Waals surface area contributed by atoms with E-state index >= 15 is 0 Å². The Morgan fingerprint density at radius 1 is 1.47 bits per heavy atom. The van der Waals surface area contributed by atoms with Crippen molar-refractivity contribution in [3.63, 3.8) is 0 Å². The Hall–Kier alpha value is -1.86. The molecule has 0 spiro atoms. The summed E-state index contributed by atoms with van der Waals surface area (Å²) in [6.45, 7) is -0.199. The molecular formula is C11H13F4N3O. The van der Waals surface area contributed by atoms with Gasteiger partial charge in [-0.3, -0.25) is 4.79 Å². The number of carbonyl (C=O) groups excluding carboxylic acids is 1. The Morgan fingerprint density at radius 3 is 2.58 bits per heavy atom. The molecule has 0 aliphatic carbocycles. The Kier molecular flexibility index (Phi) is 4.68. The van der Waals surface area contributed by atoms with E-state index in [2.05, 4.69) is 10.3 Å². The van der Waals surface area contributed by atoms with Gasteiger partial charge in [-0.05, 0) is 13.0 Å². The molecule has 1 N–H and O–H groups in total. The molecule has 106 valence electrons. The highest BCUT2D eigenvalue weighted by Crippen LogP contribution is 2.20. The Morgan fingerprint density at radius 2 is 2.11 bits per heavy atom. The molecule has 0 aliphatic rings. The minimum atomic E-state index is -4.53. The molecule has 0 saturated carbocycles. The normalized spacial score (nSPS) is 11.3. The molecule has 8 heteroatoms. The molecule has 1 aromatic rings. The zero-order chi connectivity index (χ0) is 14.6. The number of nitrogens with one attached hydrogen (secondary N) is 1. The smallest absolute Gasteiger partial charge is 0.371 e. The fraction of sp³-hybridized carbons (Fsp3) is 0.455. The summed E-state index contributed by atoms with van der Waals surface area (Å²) < 4.78 is 50.7. The second kappa shape index (κ2) is 5.85. The van der Waals surface area contributed by atoms with Gasteiger partial charge in [-0.2, -0.15) is 13.2 Å². The van der Waals surface area contributed by atoms with Crippen molar-refractivity contribution in [1.82, 2.24) is 9.88 Å². The van der Waals surface area contributed by atoms with Crippen LogP contribution >= 0.6 is 0 Å². The van der Waals surface area contributed by atoms with Gasteiger partial charge in [0.25, 0.3) is 5.91 Å². The molecule has 0 aliphatic heterocycles. The average molecular weight is 279 g/mol. The summed E-state index contributed by atoms with van der Waals surface area (Å²) >= 11 is 0. The number of halogens is 4. The van der Waals surface area contributed by atoms with E-state index in [1.165, 1.54) is 14.0 Å². The van der Waals surface area contributed by atoms with Crippen molar-refractivity contribution in [3.05, 3.63) is 23.6 Å². The van der Waals surface area contributed by atoms with Crippen LogP contribution in [0.4, 0.5) is 23.4 Å². The summed E-state index contributed by atoms with van der Waals surface area (Å²) in [7, 11) is 1.40. The third-order valence-corrected chi connectivity index (χ3v) is 2.40. The van der Waals surface area contributed by atoms with Crippen molar-refractivity contribution in [2.45, 2.75) is 13.1 Å². The molecule has 0 fully saturated rings. The molecule has 1 rings (SSSR count). The second-order valence-electron chi connectivity index (χ2n) is 3.71. The first-order valence-corrected chi connectivity index (χ1v) is 5.48. The van der Waals surface area contributed by atoms with E-state index in [1.54, 1.807) is 0 Å². The first-order valence-electron chi connectivity index (χ1n) is 5.48. The Labute approximate surface area is 107 Å². The maximum absolute atomic E-state index is 13.8. The van der Waals surface area contributed by atoms with Gasteiger partial charge in [0, 0.05) is 19.8 Å². The monoisotopic (exact) mass is 279 g/mol. The predicted molar refractivity (Wildman–Crippen MR) is 61.4 cm³/mol. The average Bonchev–Trinajstić information content (AvgIpc) is 2.34. The zero-order valence-electron chi connectivity index (χ0n) is 10.4. The van der Waals surface area contributed by atoms with Gasteiger partial charge in [0.15, 0.2) is 11.6 Å². The summed E-state index contributed by atoms with van der Waals surface area (Å²) in [5, 5.41) is 2.42. The van der Waals surface area contributed by atoms with Crippen molar-refractivity contribution in [2.24, 2.45) is 0 Å². The number of anilines is 1. The number of alkyl halides is 3. The van der Waals surface area contributed by atoms with Crippen LogP contribution < -0.4 is 5.32 Å². The number of hydrogen-bond acceptors (Lipinski definition) is 3.